The van der Waals surface area contributed by atoms with Crippen LogP contribution in [0.25, 0.3) is 0 Å². The van der Waals surface area contributed by atoms with Crippen molar-refractivity contribution in [2.45, 2.75) is 12.2 Å². The Morgan fingerprint density at radius 1 is 1.35 bits per heavy atom. The monoisotopic (exact) mass is 259 g/mol. The van der Waals surface area contributed by atoms with Crippen molar-refractivity contribution in [1.29, 1.82) is 0 Å². The van der Waals surface area contributed by atoms with Gasteiger partial charge in [-0.3, -0.25) is 4.79 Å². The van der Waals surface area contributed by atoms with Crippen molar-refractivity contribution in [2.24, 2.45) is 0 Å². The van der Waals surface area contributed by atoms with Crippen molar-refractivity contribution in [3.63, 3.8) is 0 Å². The Morgan fingerprint density at radius 2 is 1.94 bits per heavy atom. The fourth-order valence-electron chi connectivity index (χ4n) is 1.77. The number of halogens is 2. The van der Waals surface area contributed by atoms with Crippen LogP contribution in [0.5, 0.6) is 0 Å². The molecule has 2 rings (SSSR count). The van der Waals surface area contributed by atoms with Crippen LogP contribution in [-0.2, 0) is 0 Å². The van der Waals surface area contributed by atoms with Crippen LogP contribution >= 0.6 is 11.6 Å². The molecule has 1 aromatic carbocycles. The fourth-order valence-corrected chi connectivity index (χ4v) is 1.98. The second-order valence-corrected chi connectivity index (χ2v) is 4.32. The summed E-state index contributed by atoms with van der Waals surface area (Å²) in [6, 6.07) is 3.95. The molecule has 0 spiro atoms. The van der Waals surface area contributed by atoms with Crippen molar-refractivity contribution in [3.8, 4) is 0 Å². The highest BCUT2D eigenvalue weighted by Gasteiger charge is 2.33. The van der Waals surface area contributed by atoms with Crippen LogP contribution in [0.3, 0.4) is 0 Å². The van der Waals surface area contributed by atoms with E-state index in [0.29, 0.717) is 0 Å². The van der Waals surface area contributed by atoms with Gasteiger partial charge in [-0.2, -0.15) is 0 Å². The molecule has 1 aliphatic heterocycles. The number of aliphatic hydroxyl groups is 2. The summed E-state index contributed by atoms with van der Waals surface area (Å²) in [5.74, 6) is -1.16. The SMILES string of the molecule is O=C(c1cccc(F)c1Cl)N1CC(O)C(O)C1. The molecule has 0 bridgehead atoms. The number of β-amino-alcohol motifs (C(OH)–C–C–N with tert-alkyl or cyclic N) is 2. The summed E-state index contributed by atoms with van der Waals surface area (Å²) < 4.78 is 13.2. The van der Waals surface area contributed by atoms with Crippen LogP contribution < -0.4 is 0 Å². The highest BCUT2D eigenvalue weighted by molar-refractivity contribution is 6.34. The first-order chi connectivity index (χ1) is 8.00. The molecule has 0 saturated carbocycles. The van der Waals surface area contributed by atoms with Crippen LogP contribution in [0.4, 0.5) is 4.39 Å². The average molecular weight is 260 g/mol. The summed E-state index contributed by atoms with van der Waals surface area (Å²) >= 11 is 5.69. The molecule has 1 aliphatic rings. The minimum atomic E-state index is -0.966. The first kappa shape index (κ1) is 12.3. The smallest absolute Gasteiger partial charge is 0.255 e. The van der Waals surface area contributed by atoms with Gasteiger partial charge >= 0.3 is 0 Å². The lowest BCUT2D eigenvalue weighted by Crippen LogP contribution is -2.30. The van der Waals surface area contributed by atoms with Gasteiger partial charge in [-0.15, -0.1) is 0 Å². The van der Waals surface area contributed by atoms with E-state index in [-0.39, 0.29) is 23.7 Å². The molecule has 0 radical (unpaired) electrons. The van der Waals surface area contributed by atoms with Crippen LogP contribution in [0.2, 0.25) is 5.02 Å². The molecular weight excluding hydrogens is 249 g/mol. The minimum Gasteiger partial charge on any atom is -0.388 e. The fraction of sp³-hybridized carbons (Fsp3) is 0.364. The summed E-state index contributed by atoms with van der Waals surface area (Å²) in [7, 11) is 0. The maximum absolute atomic E-state index is 13.2. The first-order valence-electron chi connectivity index (χ1n) is 5.10. The van der Waals surface area contributed by atoms with Gasteiger partial charge < -0.3 is 15.1 Å². The first-order valence-corrected chi connectivity index (χ1v) is 5.48. The second-order valence-electron chi connectivity index (χ2n) is 3.95. The molecule has 2 atom stereocenters. The molecule has 1 heterocycles. The zero-order chi connectivity index (χ0) is 12.6. The molecule has 1 saturated heterocycles. The van der Waals surface area contributed by atoms with Crippen molar-refractivity contribution in [2.75, 3.05) is 13.1 Å². The van der Waals surface area contributed by atoms with Gasteiger partial charge in [0.1, 0.15) is 5.82 Å². The number of aliphatic hydroxyl groups excluding tert-OH is 2. The lowest BCUT2D eigenvalue weighted by Gasteiger charge is -2.16. The molecule has 1 aromatic rings. The van der Waals surface area contributed by atoms with Gasteiger partial charge in [0.05, 0.1) is 22.8 Å². The normalized spacial score (nSPS) is 24.1. The summed E-state index contributed by atoms with van der Waals surface area (Å²) in [6.07, 6.45) is -1.93. The Morgan fingerprint density at radius 3 is 2.53 bits per heavy atom. The molecular formula is C11H11ClFNO3. The third-order valence-electron chi connectivity index (χ3n) is 2.73. The predicted octanol–water partition coefficient (Wildman–Crippen LogP) is 0.657. The van der Waals surface area contributed by atoms with E-state index in [1.807, 2.05) is 0 Å². The molecule has 4 nitrogen and oxygen atoms in total. The summed E-state index contributed by atoms with van der Waals surface area (Å²) in [5.41, 5.74) is 0.0352. The van der Waals surface area contributed by atoms with Crippen molar-refractivity contribution in [3.05, 3.63) is 34.6 Å². The van der Waals surface area contributed by atoms with E-state index >= 15 is 0 Å². The van der Waals surface area contributed by atoms with Gasteiger partial charge in [0.15, 0.2) is 0 Å². The van der Waals surface area contributed by atoms with Crippen LogP contribution in [0, 0.1) is 5.82 Å². The van der Waals surface area contributed by atoms with Crippen molar-refractivity contribution >= 4 is 17.5 Å². The summed E-state index contributed by atoms with van der Waals surface area (Å²) in [6.45, 7) is 0.0414. The second kappa shape index (κ2) is 4.60. The van der Waals surface area contributed by atoms with E-state index in [1.54, 1.807) is 0 Å². The number of carbonyl (C=O) groups is 1. The van der Waals surface area contributed by atoms with Crippen LogP contribution in [0.15, 0.2) is 18.2 Å². The average Bonchev–Trinajstić information content (AvgIpc) is 2.62. The number of amides is 1. The quantitative estimate of drug-likeness (QED) is 0.779. The Labute approximate surface area is 102 Å². The van der Waals surface area contributed by atoms with Crippen molar-refractivity contribution in [1.82, 2.24) is 4.90 Å². The van der Waals surface area contributed by atoms with E-state index in [4.69, 9.17) is 11.6 Å². The number of likely N-dealkylation sites (tertiary alicyclic amines) is 1. The summed E-state index contributed by atoms with van der Waals surface area (Å²) in [5, 5.41) is 18.4. The Bertz CT molecular complexity index is 444. The molecule has 0 aliphatic carbocycles. The Kier molecular flexibility index (Phi) is 3.33. The van der Waals surface area contributed by atoms with Gasteiger partial charge in [0.25, 0.3) is 5.91 Å². The highest BCUT2D eigenvalue weighted by atomic mass is 35.5. The maximum Gasteiger partial charge on any atom is 0.255 e. The minimum absolute atomic E-state index is 0.0207. The number of nitrogens with zero attached hydrogens (tertiary/aromatic N) is 1. The standard InChI is InChI=1S/C11H11ClFNO3/c12-10-6(2-1-3-7(10)13)11(17)14-4-8(15)9(16)5-14/h1-3,8-9,15-16H,4-5H2. The molecule has 92 valence electrons. The third kappa shape index (κ3) is 2.26. The largest absolute Gasteiger partial charge is 0.388 e. The summed E-state index contributed by atoms with van der Waals surface area (Å²) in [4.78, 5) is 13.2. The lowest BCUT2D eigenvalue weighted by molar-refractivity contribution is 0.0572. The zero-order valence-corrected chi connectivity index (χ0v) is 9.56. The molecule has 2 N–H and O–H groups in total. The molecule has 17 heavy (non-hydrogen) atoms. The van der Waals surface area contributed by atoms with E-state index in [0.717, 1.165) is 6.07 Å². The number of benzene rings is 1. The lowest BCUT2D eigenvalue weighted by atomic mass is 10.2. The molecule has 1 fully saturated rings. The van der Waals surface area contributed by atoms with E-state index < -0.39 is 23.9 Å². The Balaban J connectivity index is 2.24. The van der Waals surface area contributed by atoms with Crippen LogP contribution in [0.1, 0.15) is 10.4 Å². The van der Waals surface area contributed by atoms with Gasteiger partial charge in [-0.1, -0.05) is 17.7 Å². The van der Waals surface area contributed by atoms with Gasteiger partial charge in [0, 0.05) is 13.1 Å². The van der Waals surface area contributed by atoms with Gasteiger partial charge in [-0.25, -0.2) is 4.39 Å². The van der Waals surface area contributed by atoms with Crippen molar-refractivity contribution < 1.29 is 19.4 Å². The van der Waals surface area contributed by atoms with Gasteiger partial charge in [0.2, 0.25) is 0 Å². The van der Waals surface area contributed by atoms with Crippen LogP contribution in [-0.4, -0.2) is 46.3 Å². The maximum atomic E-state index is 13.2. The number of hydrogen-bond donors (Lipinski definition) is 2. The Hall–Kier alpha value is -1.17. The third-order valence-corrected chi connectivity index (χ3v) is 3.11. The van der Waals surface area contributed by atoms with Gasteiger partial charge in [-0.05, 0) is 12.1 Å². The zero-order valence-electron chi connectivity index (χ0n) is 8.81. The molecule has 1 amide bonds. The molecule has 0 aromatic heterocycles. The number of rotatable bonds is 1. The molecule has 2 unspecified atom stereocenters. The predicted molar refractivity (Wildman–Crippen MR) is 59.3 cm³/mol. The van der Waals surface area contributed by atoms with E-state index in [9.17, 15) is 19.4 Å². The van der Waals surface area contributed by atoms with E-state index in [2.05, 4.69) is 0 Å². The molecule has 6 heteroatoms. The van der Waals surface area contributed by atoms with E-state index in [1.165, 1.54) is 17.0 Å². The highest BCUT2D eigenvalue weighted by Crippen LogP contribution is 2.23. The topological polar surface area (TPSA) is 60.8 Å². The number of hydrogen-bond acceptors (Lipinski definition) is 3. The number of carbonyl (C=O) groups excluding carboxylic acids is 1.